The van der Waals surface area contributed by atoms with Crippen LogP contribution in [-0.4, -0.2) is 0 Å². The van der Waals surface area contributed by atoms with Crippen molar-refractivity contribution in [2.75, 3.05) is 0 Å². The third kappa shape index (κ3) is 15.0. The van der Waals surface area contributed by atoms with Crippen LogP contribution in [0.2, 0.25) is 0 Å². The van der Waals surface area contributed by atoms with E-state index in [1.165, 1.54) is 44.9 Å². The Bertz CT molecular complexity index is 253. The highest BCUT2D eigenvalue weighted by Gasteiger charge is 1.87. The highest BCUT2D eigenvalue weighted by Crippen LogP contribution is 2.07. The van der Waals surface area contributed by atoms with Crippen molar-refractivity contribution in [2.24, 2.45) is 0 Å². The van der Waals surface area contributed by atoms with Crippen LogP contribution in [0.15, 0.2) is 48.6 Å². The summed E-state index contributed by atoms with van der Waals surface area (Å²) in [6.45, 7) is 4.41. The molecule has 0 atom stereocenters. The summed E-state index contributed by atoms with van der Waals surface area (Å²) < 4.78 is 0. The van der Waals surface area contributed by atoms with E-state index < -0.39 is 0 Å². The Balaban J connectivity index is 3.34. The quantitative estimate of drug-likeness (QED) is 0.293. The smallest absolute Gasteiger partial charge is 0.0348 e. The van der Waals surface area contributed by atoms with Gasteiger partial charge >= 0.3 is 0 Å². The van der Waals surface area contributed by atoms with E-state index in [1.54, 1.807) is 0 Å². The van der Waals surface area contributed by atoms with Crippen LogP contribution >= 0.6 is 0 Å². The first-order valence-electron chi connectivity index (χ1n) is 7.56. The van der Waals surface area contributed by atoms with Gasteiger partial charge in [-0.05, 0) is 19.3 Å². The SMILES string of the molecule is CCC=CC=CC=CC=CCCCCCCCC. The molecule has 0 radical (unpaired) electrons. The van der Waals surface area contributed by atoms with Gasteiger partial charge in [0.15, 0.2) is 0 Å². The standard InChI is InChI=1S/C18H30/c1-3-5-7-9-11-13-15-17-18-16-14-12-10-8-6-4-2/h5,7,9,11,13,15,17-18H,3-4,6,8,10,12,14,16H2,1-2H3. The first kappa shape index (κ1) is 17.0. The molecule has 0 rings (SSSR count). The van der Waals surface area contributed by atoms with Crippen molar-refractivity contribution in [3.8, 4) is 0 Å². The van der Waals surface area contributed by atoms with Crippen molar-refractivity contribution >= 4 is 0 Å². The molecule has 0 heteroatoms. The Hall–Kier alpha value is -1.04. The number of hydrogen-bond acceptors (Lipinski definition) is 0. The fourth-order valence-corrected chi connectivity index (χ4v) is 1.69. The summed E-state index contributed by atoms with van der Waals surface area (Å²) in [5.74, 6) is 0. The van der Waals surface area contributed by atoms with Crippen molar-refractivity contribution in [1.29, 1.82) is 0 Å². The molecule has 0 aliphatic carbocycles. The van der Waals surface area contributed by atoms with Gasteiger partial charge in [-0.25, -0.2) is 0 Å². The maximum absolute atomic E-state index is 2.27. The van der Waals surface area contributed by atoms with Crippen LogP contribution < -0.4 is 0 Å². The summed E-state index contributed by atoms with van der Waals surface area (Å²) in [5, 5.41) is 0. The van der Waals surface area contributed by atoms with Gasteiger partial charge in [0.1, 0.15) is 0 Å². The van der Waals surface area contributed by atoms with Gasteiger partial charge in [0, 0.05) is 0 Å². The molecule has 0 saturated heterocycles. The molecule has 102 valence electrons. The van der Waals surface area contributed by atoms with E-state index in [0.29, 0.717) is 0 Å². The Morgan fingerprint density at radius 3 is 1.78 bits per heavy atom. The predicted octanol–water partition coefficient (Wildman–Crippen LogP) is 6.37. The molecule has 0 saturated carbocycles. The Kier molecular flexibility index (Phi) is 15.0. The monoisotopic (exact) mass is 246 g/mol. The van der Waals surface area contributed by atoms with E-state index >= 15 is 0 Å². The van der Waals surface area contributed by atoms with Crippen LogP contribution in [0, 0.1) is 0 Å². The Morgan fingerprint density at radius 1 is 0.556 bits per heavy atom. The summed E-state index contributed by atoms with van der Waals surface area (Å²) in [7, 11) is 0. The van der Waals surface area contributed by atoms with Gasteiger partial charge in [0.05, 0.1) is 0 Å². The molecule has 0 aromatic rings. The molecule has 0 unspecified atom stereocenters. The molecule has 0 aliphatic rings. The molecule has 0 fully saturated rings. The fourth-order valence-electron chi connectivity index (χ4n) is 1.69. The van der Waals surface area contributed by atoms with Crippen molar-refractivity contribution in [2.45, 2.75) is 65.2 Å². The maximum Gasteiger partial charge on any atom is -0.0348 e. The summed E-state index contributed by atoms with van der Waals surface area (Å²) in [5.41, 5.74) is 0. The average molecular weight is 246 g/mol. The lowest BCUT2D eigenvalue weighted by atomic mass is 10.1. The first-order chi connectivity index (χ1) is 8.91. The fraction of sp³-hybridized carbons (Fsp3) is 0.556. The van der Waals surface area contributed by atoms with Crippen molar-refractivity contribution < 1.29 is 0 Å². The second-order valence-electron chi connectivity index (χ2n) is 4.59. The molecule has 0 bridgehead atoms. The zero-order valence-electron chi connectivity index (χ0n) is 12.3. The molecule has 0 aliphatic heterocycles. The number of allylic oxidation sites excluding steroid dienone is 8. The van der Waals surface area contributed by atoms with Crippen LogP contribution in [0.4, 0.5) is 0 Å². The molecule has 0 amide bonds. The largest absolute Gasteiger partial charge is 0.0848 e. The lowest BCUT2D eigenvalue weighted by molar-refractivity contribution is 0.611. The zero-order valence-corrected chi connectivity index (χ0v) is 12.3. The van der Waals surface area contributed by atoms with Gasteiger partial charge in [-0.15, -0.1) is 0 Å². The van der Waals surface area contributed by atoms with Crippen LogP contribution in [0.3, 0.4) is 0 Å². The minimum absolute atomic E-state index is 1.10. The molecular formula is C18H30. The molecule has 18 heavy (non-hydrogen) atoms. The van der Waals surface area contributed by atoms with E-state index in [1.807, 2.05) is 0 Å². The van der Waals surface area contributed by atoms with Gasteiger partial charge < -0.3 is 0 Å². The summed E-state index contributed by atoms with van der Waals surface area (Å²) in [4.78, 5) is 0. The highest BCUT2D eigenvalue weighted by atomic mass is 13.9. The Labute approximate surface area is 114 Å². The third-order valence-electron chi connectivity index (χ3n) is 2.79. The van der Waals surface area contributed by atoms with Gasteiger partial charge in [0.2, 0.25) is 0 Å². The van der Waals surface area contributed by atoms with Gasteiger partial charge in [0.25, 0.3) is 0 Å². The number of rotatable bonds is 11. The predicted molar refractivity (Wildman–Crippen MR) is 84.8 cm³/mol. The second kappa shape index (κ2) is 16.0. The Morgan fingerprint density at radius 2 is 1.11 bits per heavy atom. The second-order valence-corrected chi connectivity index (χ2v) is 4.59. The van der Waals surface area contributed by atoms with Crippen LogP contribution in [0.25, 0.3) is 0 Å². The van der Waals surface area contributed by atoms with Gasteiger partial charge in [-0.2, -0.15) is 0 Å². The van der Waals surface area contributed by atoms with Crippen LogP contribution in [-0.2, 0) is 0 Å². The zero-order chi connectivity index (χ0) is 13.3. The first-order valence-corrected chi connectivity index (χ1v) is 7.56. The van der Waals surface area contributed by atoms with Crippen molar-refractivity contribution in [1.82, 2.24) is 0 Å². The van der Waals surface area contributed by atoms with Gasteiger partial charge in [-0.1, -0.05) is 94.6 Å². The summed E-state index contributed by atoms with van der Waals surface area (Å²) in [6, 6.07) is 0. The lowest BCUT2D eigenvalue weighted by Crippen LogP contribution is -1.77. The molecule has 0 spiro atoms. The van der Waals surface area contributed by atoms with E-state index in [2.05, 4.69) is 62.5 Å². The molecule has 0 heterocycles. The number of hydrogen-bond donors (Lipinski definition) is 0. The molecule has 0 aromatic heterocycles. The van der Waals surface area contributed by atoms with Crippen LogP contribution in [0.5, 0.6) is 0 Å². The van der Waals surface area contributed by atoms with Crippen molar-refractivity contribution in [3.63, 3.8) is 0 Å². The minimum Gasteiger partial charge on any atom is -0.0848 e. The minimum atomic E-state index is 1.10. The van der Waals surface area contributed by atoms with E-state index in [-0.39, 0.29) is 0 Å². The third-order valence-corrected chi connectivity index (χ3v) is 2.79. The van der Waals surface area contributed by atoms with Crippen molar-refractivity contribution in [3.05, 3.63) is 48.6 Å². The van der Waals surface area contributed by atoms with Gasteiger partial charge in [-0.3, -0.25) is 0 Å². The molecule has 0 aromatic carbocycles. The maximum atomic E-state index is 2.27. The molecule has 0 N–H and O–H groups in total. The van der Waals surface area contributed by atoms with E-state index in [4.69, 9.17) is 0 Å². The molecular weight excluding hydrogens is 216 g/mol. The summed E-state index contributed by atoms with van der Waals surface area (Å²) in [6.07, 6.45) is 27.6. The van der Waals surface area contributed by atoms with E-state index in [9.17, 15) is 0 Å². The molecule has 0 nitrogen and oxygen atoms in total. The van der Waals surface area contributed by atoms with E-state index in [0.717, 1.165) is 6.42 Å². The normalized spacial score (nSPS) is 12.8. The average Bonchev–Trinajstić information content (AvgIpc) is 2.39. The summed E-state index contributed by atoms with van der Waals surface area (Å²) >= 11 is 0. The number of unbranched alkanes of at least 4 members (excludes halogenated alkanes) is 6. The topological polar surface area (TPSA) is 0 Å². The highest BCUT2D eigenvalue weighted by molar-refractivity contribution is 5.15. The van der Waals surface area contributed by atoms with Crippen LogP contribution in [0.1, 0.15) is 65.2 Å². The lowest BCUT2D eigenvalue weighted by Gasteiger charge is -1.97.